The van der Waals surface area contributed by atoms with Gasteiger partial charge in [0, 0.05) is 22.0 Å². The average Bonchev–Trinajstić information content (AvgIpc) is 3.35. The predicted octanol–water partition coefficient (Wildman–Crippen LogP) is 6.55. The third-order valence-electron chi connectivity index (χ3n) is 6.73. The van der Waals surface area contributed by atoms with Gasteiger partial charge in [0.05, 0.1) is 24.3 Å². The molecule has 1 aromatic heterocycles. The number of carbonyl (C=O) groups is 3. The zero-order valence-electron chi connectivity index (χ0n) is 21.5. The highest BCUT2D eigenvalue weighted by molar-refractivity contribution is 7.17. The molecule has 1 aliphatic rings. The van der Waals surface area contributed by atoms with Gasteiger partial charge in [0.2, 0.25) is 0 Å². The highest BCUT2D eigenvalue weighted by Gasteiger charge is 2.27. The molecule has 2 heterocycles. The van der Waals surface area contributed by atoms with E-state index in [1.165, 1.54) is 11.3 Å². The molecule has 2 amide bonds. The number of alkyl halides is 1. The van der Waals surface area contributed by atoms with Crippen LogP contribution in [0.1, 0.15) is 58.2 Å². The summed E-state index contributed by atoms with van der Waals surface area (Å²) in [5, 5.41) is 15.5. The number of aromatic carboxylic acids is 1. The molecule has 0 aliphatic carbocycles. The Balaban J connectivity index is 1.28. The number of anilines is 2. The van der Waals surface area contributed by atoms with E-state index in [1.807, 2.05) is 42.5 Å². The van der Waals surface area contributed by atoms with Crippen molar-refractivity contribution in [3.8, 4) is 0 Å². The fourth-order valence-electron chi connectivity index (χ4n) is 4.58. The van der Waals surface area contributed by atoms with E-state index in [-0.39, 0.29) is 17.4 Å². The van der Waals surface area contributed by atoms with Crippen molar-refractivity contribution in [1.29, 1.82) is 0 Å². The van der Waals surface area contributed by atoms with Crippen molar-refractivity contribution in [3.63, 3.8) is 0 Å². The number of carboxylic acids is 1. The van der Waals surface area contributed by atoms with Crippen LogP contribution in [0.15, 0.2) is 72.8 Å². The molecule has 0 spiro atoms. The largest absolute Gasteiger partial charge is 0.478 e. The van der Waals surface area contributed by atoms with Crippen LogP contribution in [0.4, 0.5) is 10.7 Å². The fraction of sp³-hybridized carbons (Fsp3) is 0.194. The molecule has 3 aromatic carbocycles. The van der Waals surface area contributed by atoms with Gasteiger partial charge in [0.1, 0.15) is 5.00 Å². The van der Waals surface area contributed by atoms with Gasteiger partial charge in [-0.15, -0.1) is 22.9 Å². The van der Waals surface area contributed by atoms with E-state index in [2.05, 4.69) is 10.6 Å². The Bertz CT molecular complexity index is 1550. The quantitative estimate of drug-likeness (QED) is 0.197. The smallest absolute Gasteiger partial charge is 0.335 e. The van der Waals surface area contributed by atoms with Crippen LogP contribution in [0.5, 0.6) is 0 Å². The van der Waals surface area contributed by atoms with Crippen molar-refractivity contribution >= 4 is 51.4 Å². The zero-order chi connectivity index (χ0) is 28.1. The maximum atomic E-state index is 13.5. The highest BCUT2D eigenvalue weighted by Crippen LogP contribution is 2.37. The molecule has 9 heteroatoms. The molecule has 5 rings (SSSR count). The van der Waals surface area contributed by atoms with Crippen LogP contribution in [-0.4, -0.2) is 29.5 Å². The number of ether oxygens (including phenoxy) is 1. The minimum absolute atomic E-state index is 0.270. The maximum Gasteiger partial charge on any atom is 0.335 e. The van der Waals surface area contributed by atoms with Crippen molar-refractivity contribution in [1.82, 2.24) is 0 Å². The second kappa shape index (κ2) is 12.5. The van der Waals surface area contributed by atoms with Crippen molar-refractivity contribution in [2.24, 2.45) is 0 Å². The molecule has 1 aliphatic heterocycles. The monoisotopic (exact) mass is 574 g/mol. The summed E-state index contributed by atoms with van der Waals surface area (Å²) in [7, 11) is 0. The van der Waals surface area contributed by atoms with Gasteiger partial charge < -0.3 is 20.5 Å². The number of benzene rings is 3. The molecule has 0 saturated heterocycles. The number of hydrogen-bond donors (Lipinski definition) is 3. The Labute approximate surface area is 240 Å². The highest BCUT2D eigenvalue weighted by atomic mass is 35.5. The second-order valence-electron chi connectivity index (χ2n) is 9.45. The lowest BCUT2D eigenvalue weighted by Crippen LogP contribution is -2.19. The van der Waals surface area contributed by atoms with Crippen molar-refractivity contribution in [2.45, 2.75) is 31.7 Å². The molecule has 3 N–H and O–H groups in total. The molecular formula is C31H27ClN2O5S. The van der Waals surface area contributed by atoms with Gasteiger partial charge in [0.15, 0.2) is 0 Å². The van der Waals surface area contributed by atoms with Crippen LogP contribution in [0.2, 0.25) is 0 Å². The van der Waals surface area contributed by atoms with E-state index in [0.717, 1.165) is 40.0 Å². The number of hydrogen-bond acceptors (Lipinski definition) is 5. The van der Waals surface area contributed by atoms with Gasteiger partial charge in [-0.05, 0) is 77.9 Å². The molecule has 0 saturated carbocycles. The third kappa shape index (κ3) is 6.42. The molecule has 40 heavy (non-hydrogen) atoms. The van der Waals surface area contributed by atoms with Crippen LogP contribution >= 0.6 is 22.9 Å². The van der Waals surface area contributed by atoms with E-state index in [4.69, 9.17) is 21.4 Å². The number of carbonyl (C=O) groups excluding carboxylic acids is 2. The standard InChI is InChI=1S/C31H27ClN2O5S/c32-17-21-2-1-3-23(16-21)28(35)34-30-27(25-14-15-39-18-26(25)40-30)29(36)33-24-12-8-20(9-13-24)5-4-19-6-10-22(11-7-19)31(37)38/h1-3,6-13,16H,4-5,14-15,17-18H2,(H,33,36)(H,34,35)(H,37,38). The van der Waals surface area contributed by atoms with E-state index in [9.17, 15) is 14.4 Å². The first-order chi connectivity index (χ1) is 19.4. The van der Waals surface area contributed by atoms with Gasteiger partial charge in [0.25, 0.3) is 11.8 Å². The van der Waals surface area contributed by atoms with Gasteiger partial charge in [-0.2, -0.15) is 0 Å². The van der Waals surface area contributed by atoms with Gasteiger partial charge in [-0.1, -0.05) is 36.4 Å². The number of halogens is 1. The van der Waals surface area contributed by atoms with Crippen LogP contribution < -0.4 is 10.6 Å². The number of thiophene rings is 1. The number of aryl methyl sites for hydroxylation is 2. The van der Waals surface area contributed by atoms with Gasteiger partial charge >= 0.3 is 5.97 Å². The van der Waals surface area contributed by atoms with E-state index >= 15 is 0 Å². The molecule has 0 bridgehead atoms. The first-order valence-corrected chi connectivity index (χ1v) is 14.2. The molecular weight excluding hydrogens is 548 g/mol. The van der Waals surface area contributed by atoms with E-state index in [1.54, 1.807) is 30.3 Å². The minimum atomic E-state index is -0.938. The summed E-state index contributed by atoms with van der Waals surface area (Å²) < 4.78 is 5.59. The summed E-state index contributed by atoms with van der Waals surface area (Å²) in [5.74, 6) is -1.22. The van der Waals surface area contributed by atoms with Crippen LogP contribution in [-0.2, 0) is 36.5 Å². The Morgan fingerprint density at radius 2 is 1.55 bits per heavy atom. The molecule has 0 atom stereocenters. The van der Waals surface area contributed by atoms with Crippen LogP contribution in [0.3, 0.4) is 0 Å². The summed E-state index contributed by atoms with van der Waals surface area (Å²) in [5.41, 5.74) is 5.76. The second-order valence-corrected chi connectivity index (χ2v) is 10.8. The first-order valence-electron chi connectivity index (χ1n) is 12.8. The Hall–Kier alpha value is -3.98. The number of amides is 2. The lowest BCUT2D eigenvalue weighted by Gasteiger charge is -2.14. The molecule has 4 aromatic rings. The van der Waals surface area contributed by atoms with Crippen molar-refractivity contribution in [3.05, 3.63) is 117 Å². The molecule has 0 fully saturated rings. The number of nitrogens with one attached hydrogen (secondary N) is 2. The lowest BCUT2D eigenvalue weighted by atomic mass is 10.0. The first kappa shape index (κ1) is 27.6. The Morgan fingerprint density at radius 1 is 0.850 bits per heavy atom. The number of carboxylic acid groups (broad SMARTS) is 1. The molecule has 7 nitrogen and oxygen atoms in total. The van der Waals surface area contributed by atoms with Crippen molar-refractivity contribution < 1.29 is 24.2 Å². The lowest BCUT2D eigenvalue weighted by molar-refractivity contribution is 0.0696. The average molecular weight is 575 g/mol. The fourth-order valence-corrected chi connectivity index (χ4v) is 5.93. The minimum Gasteiger partial charge on any atom is -0.478 e. The topological polar surface area (TPSA) is 105 Å². The Morgan fingerprint density at radius 3 is 2.23 bits per heavy atom. The van der Waals surface area contributed by atoms with Gasteiger partial charge in [-0.25, -0.2) is 4.79 Å². The third-order valence-corrected chi connectivity index (χ3v) is 8.16. The zero-order valence-corrected chi connectivity index (χ0v) is 23.1. The molecule has 204 valence electrons. The summed E-state index contributed by atoms with van der Waals surface area (Å²) >= 11 is 7.30. The predicted molar refractivity (Wildman–Crippen MR) is 157 cm³/mol. The number of fused-ring (bicyclic) bond motifs is 1. The van der Waals surface area contributed by atoms with Crippen LogP contribution in [0.25, 0.3) is 0 Å². The molecule has 0 unspecified atom stereocenters. The van der Waals surface area contributed by atoms with E-state index < -0.39 is 5.97 Å². The van der Waals surface area contributed by atoms with Crippen LogP contribution in [0, 0.1) is 0 Å². The number of rotatable bonds is 9. The normalized spacial score (nSPS) is 12.4. The summed E-state index contributed by atoms with van der Waals surface area (Å²) in [6.07, 6.45) is 2.14. The summed E-state index contributed by atoms with van der Waals surface area (Å²) in [4.78, 5) is 38.5. The van der Waals surface area contributed by atoms with E-state index in [0.29, 0.717) is 47.3 Å². The van der Waals surface area contributed by atoms with Crippen molar-refractivity contribution in [2.75, 3.05) is 17.2 Å². The SMILES string of the molecule is O=C(O)c1ccc(CCc2ccc(NC(=O)c3c(NC(=O)c4cccc(CCl)c4)sc4c3CCOC4)cc2)cc1. The summed E-state index contributed by atoms with van der Waals surface area (Å²) in [6.45, 7) is 0.925. The summed E-state index contributed by atoms with van der Waals surface area (Å²) in [6, 6.07) is 21.6. The Kier molecular flexibility index (Phi) is 8.60. The molecule has 0 radical (unpaired) electrons. The maximum absolute atomic E-state index is 13.5. The van der Waals surface area contributed by atoms with Gasteiger partial charge in [-0.3, -0.25) is 9.59 Å².